The molecule has 0 bridgehead atoms. The van der Waals surface area contributed by atoms with Crippen LogP contribution < -0.4 is 5.32 Å². The molecule has 2 aromatic carbocycles. The average Bonchev–Trinajstić information content (AvgIpc) is 2.46. The lowest BCUT2D eigenvalue weighted by Gasteiger charge is -2.17. The van der Waals surface area contributed by atoms with Gasteiger partial charge in [-0.05, 0) is 30.2 Å². The molecule has 0 radical (unpaired) electrons. The van der Waals surface area contributed by atoms with Gasteiger partial charge in [-0.1, -0.05) is 58.4 Å². The topological polar surface area (TPSA) is 32.3 Å². The molecule has 0 heterocycles. The van der Waals surface area contributed by atoms with Crippen LogP contribution in [0.4, 0.5) is 0 Å². The van der Waals surface area contributed by atoms with Gasteiger partial charge in [0.2, 0.25) is 0 Å². The molecule has 2 N–H and O–H groups in total. The Kier molecular flexibility index (Phi) is 5.14. The third kappa shape index (κ3) is 4.16. The van der Waals surface area contributed by atoms with Crippen molar-refractivity contribution in [2.75, 3.05) is 6.54 Å². The van der Waals surface area contributed by atoms with Crippen molar-refractivity contribution in [2.45, 2.75) is 19.1 Å². The first kappa shape index (κ1) is 14.3. The van der Waals surface area contributed by atoms with Crippen molar-refractivity contribution >= 4 is 15.9 Å². The van der Waals surface area contributed by atoms with Crippen LogP contribution in [0.5, 0.6) is 0 Å². The summed E-state index contributed by atoms with van der Waals surface area (Å²) in [5, 5.41) is 13.5. The zero-order valence-electron chi connectivity index (χ0n) is 10.9. The Morgan fingerprint density at radius 2 is 1.63 bits per heavy atom. The van der Waals surface area contributed by atoms with Gasteiger partial charge in [0.15, 0.2) is 0 Å². The van der Waals surface area contributed by atoms with Gasteiger partial charge in [-0.15, -0.1) is 0 Å². The van der Waals surface area contributed by atoms with Crippen LogP contribution in [0.2, 0.25) is 0 Å². The highest BCUT2D eigenvalue weighted by atomic mass is 79.9. The summed E-state index contributed by atoms with van der Waals surface area (Å²) in [4.78, 5) is 0. The Bertz CT molecular complexity index is 498. The summed E-state index contributed by atoms with van der Waals surface area (Å²) < 4.78 is 1.02. The molecule has 0 amide bonds. The molecule has 2 nitrogen and oxygen atoms in total. The lowest BCUT2D eigenvalue weighted by Crippen LogP contribution is -2.24. The van der Waals surface area contributed by atoms with Gasteiger partial charge in [0, 0.05) is 17.1 Å². The van der Waals surface area contributed by atoms with E-state index in [4.69, 9.17) is 0 Å². The van der Waals surface area contributed by atoms with E-state index >= 15 is 0 Å². The van der Waals surface area contributed by atoms with Gasteiger partial charge in [0.1, 0.15) is 0 Å². The zero-order valence-corrected chi connectivity index (χ0v) is 12.5. The highest BCUT2D eigenvalue weighted by Crippen LogP contribution is 2.18. The van der Waals surface area contributed by atoms with Crippen LogP contribution in [0, 0.1) is 0 Å². The first-order valence-electron chi connectivity index (χ1n) is 6.38. The summed E-state index contributed by atoms with van der Waals surface area (Å²) in [7, 11) is 0. The van der Waals surface area contributed by atoms with Gasteiger partial charge in [0.05, 0.1) is 6.10 Å². The summed E-state index contributed by atoms with van der Waals surface area (Å²) in [6, 6.07) is 18.2. The van der Waals surface area contributed by atoms with E-state index in [2.05, 4.69) is 40.3 Å². The Labute approximate surface area is 122 Å². The number of rotatable bonds is 5. The largest absolute Gasteiger partial charge is 0.387 e. The summed E-state index contributed by atoms with van der Waals surface area (Å²) in [5.74, 6) is 0. The van der Waals surface area contributed by atoms with Crippen LogP contribution in [-0.4, -0.2) is 11.7 Å². The Morgan fingerprint density at radius 1 is 1.00 bits per heavy atom. The molecule has 0 spiro atoms. The Hall–Kier alpha value is -1.16. The van der Waals surface area contributed by atoms with Crippen molar-refractivity contribution < 1.29 is 5.11 Å². The minimum absolute atomic E-state index is 0.228. The van der Waals surface area contributed by atoms with Crippen LogP contribution in [0.25, 0.3) is 0 Å². The second-order valence-corrected chi connectivity index (χ2v) is 5.52. The minimum Gasteiger partial charge on any atom is -0.387 e. The van der Waals surface area contributed by atoms with Gasteiger partial charge in [0.25, 0.3) is 0 Å². The molecule has 3 heteroatoms. The maximum absolute atomic E-state index is 10.1. The summed E-state index contributed by atoms with van der Waals surface area (Å²) in [6.07, 6.45) is -0.487. The molecule has 0 aromatic heterocycles. The fourth-order valence-corrected chi connectivity index (χ4v) is 2.22. The number of halogens is 1. The predicted molar refractivity (Wildman–Crippen MR) is 82.0 cm³/mol. The SMILES string of the molecule is C[C@@H](NC[C@H](O)c1ccc(Br)cc1)c1ccccc1. The van der Waals surface area contributed by atoms with Gasteiger partial charge in [-0.25, -0.2) is 0 Å². The number of hydrogen-bond donors (Lipinski definition) is 2. The molecule has 0 saturated heterocycles. The van der Waals surface area contributed by atoms with E-state index in [9.17, 15) is 5.11 Å². The standard InChI is InChI=1S/C16H18BrNO/c1-12(13-5-3-2-4-6-13)18-11-16(19)14-7-9-15(17)10-8-14/h2-10,12,16,18-19H,11H2,1H3/t12-,16+/m1/s1. The number of aliphatic hydroxyl groups is 1. The molecule has 2 aromatic rings. The van der Waals surface area contributed by atoms with Gasteiger partial charge < -0.3 is 10.4 Å². The van der Waals surface area contributed by atoms with Crippen LogP contribution in [0.15, 0.2) is 59.1 Å². The maximum Gasteiger partial charge on any atom is 0.0914 e. The number of hydrogen-bond acceptors (Lipinski definition) is 2. The van der Waals surface area contributed by atoms with Gasteiger partial charge >= 0.3 is 0 Å². The zero-order chi connectivity index (χ0) is 13.7. The first-order valence-corrected chi connectivity index (χ1v) is 7.18. The normalized spacial score (nSPS) is 14.1. The summed E-state index contributed by atoms with van der Waals surface area (Å²) >= 11 is 3.39. The molecule has 100 valence electrons. The molecule has 2 atom stereocenters. The lowest BCUT2D eigenvalue weighted by atomic mass is 10.1. The van der Waals surface area contributed by atoms with E-state index < -0.39 is 6.10 Å². The van der Waals surface area contributed by atoms with Crippen molar-refractivity contribution in [1.29, 1.82) is 0 Å². The number of benzene rings is 2. The fourth-order valence-electron chi connectivity index (χ4n) is 1.95. The van der Waals surface area contributed by atoms with Crippen LogP contribution in [-0.2, 0) is 0 Å². The van der Waals surface area contributed by atoms with E-state index in [0.29, 0.717) is 6.54 Å². The van der Waals surface area contributed by atoms with Gasteiger partial charge in [-0.2, -0.15) is 0 Å². The van der Waals surface area contributed by atoms with E-state index in [0.717, 1.165) is 10.0 Å². The molecular weight excluding hydrogens is 302 g/mol. The van der Waals surface area contributed by atoms with Crippen molar-refractivity contribution in [1.82, 2.24) is 5.32 Å². The Morgan fingerprint density at radius 3 is 2.26 bits per heavy atom. The van der Waals surface area contributed by atoms with Crippen molar-refractivity contribution in [3.63, 3.8) is 0 Å². The van der Waals surface area contributed by atoms with Crippen LogP contribution >= 0.6 is 15.9 Å². The maximum atomic E-state index is 10.1. The van der Waals surface area contributed by atoms with E-state index in [1.807, 2.05) is 42.5 Å². The van der Waals surface area contributed by atoms with Crippen molar-refractivity contribution in [3.05, 3.63) is 70.2 Å². The summed E-state index contributed by atoms with van der Waals surface area (Å²) in [5.41, 5.74) is 2.15. The lowest BCUT2D eigenvalue weighted by molar-refractivity contribution is 0.171. The highest BCUT2D eigenvalue weighted by Gasteiger charge is 2.10. The third-order valence-corrected chi connectivity index (χ3v) is 3.70. The average molecular weight is 320 g/mol. The van der Waals surface area contributed by atoms with Crippen molar-refractivity contribution in [2.24, 2.45) is 0 Å². The van der Waals surface area contributed by atoms with Gasteiger partial charge in [-0.3, -0.25) is 0 Å². The highest BCUT2D eigenvalue weighted by molar-refractivity contribution is 9.10. The molecule has 2 rings (SSSR count). The van der Waals surface area contributed by atoms with Crippen molar-refractivity contribution in [3.8, 4) is 0 Å². The van der Waals surface area contributed by atoms with Crippen LogP contribution in [0.3, 0.4) is 0 Å². The first-order chi connectivity index (χ1) is 9.16. The monoisotopic (exact) mass is 319 g/mol. The molecular formula is C16H18BrNO. The smallest absolute Gasteiger partial charge is 0.0914 e. The second-order valence-electron chi connectivity index (χ2n) is 4.61. The summed E-state index contributed by atoms with van der Waals surface area (Å²) in [6.45, 7) is 2.64. The quantitative estimate of drug-likeness (QED) is 0.877. The van der Waals surface area contributed by atoms with Crippen LogP contribution in [0.1, 0.15) is 30.2 Å². The molecule has 0 saturated carbocycles. The number of nitrogens with one attached hydrogen (secondary N) is 1. The van der Waals surface area contributed by atoms with E-state index in [1.54, 1.807) is 0 Å². The Balaban J connectivity index is 1.90. The molecule has 0 unspecified atom stereocenters. The van der Waals surface area contributed by atoms with E-state index in [-0.39, 0.29) is 6.04 Å². The molecule has 0 aliphatic carbocycles. The van der Waals surface area contributed by atoms with E-state index in [1.165, 1.54) is 5.56 Å². The fraction of sp³-hybridized carbons (Fsp3) is 0.250. The molecule has 0 fully saturated rings. The molecule has 19 heavy (non-hydrogen) atoms. The molecule has 0 aliphatic rings. The number of aliphatic hydroxyl groups excluding tert-OH is 1. The minimum atomic E-state index is -0.487. The second kappa shape index (κ2) is 6.85. The molecule has 0 aliphatic heterocycles. The third-order valence-electron chi connectivity index (χ3n) is 3.17. The predicted octanol–water partition coefficient (Wildman–Crippen LogP) is 3.83.